The molecule has 1 heterocycles. The molecule has 0 atom stereocenters. The van der Waals surface area contributed by atoms with Crippen LogP contribution >= 0.6 is 11.3 Å². The zero-order valence-electron chi connectivity index (χ0n) is 14.8. The molecule has 2 amide bonds. The Bertz CT molecular complexity index is 827. The number of benzene rings is 1. The number of aryl methyl sites for hydroxylation is 1. The molecule has 2 aromatic rings. The van der Waals surface area contributed by atoms with Gasteiger partial charge in [-0.2, -0.15) is 0 Å². The van der Waals surface area contributed by atoms with Crippen LogP contribution in [0.3, 0.4) is 0 Å². The van der Waals surface area contributed by atoms with E-state index in [1.807, 2.05) is 13.8 Å². The smallest absolute Gasteiger partial charge is 0.341 e. The van der Waals surface area contributed by atoms with Crippen molar-refractivity contribution in [2.75, 3.05) is 18.5 Å². The van der Waals surface area contributed by atoms with Crippen LogP contribution in [0.15, 0.2) is 24.3 Å². The summed E-state index contributed by atoms with van der Waals surface area (Å²) in [4.78, 5) is 36.2. The first-order chi connectivity index (χ1) is 12.3. The maximum absolute atomic E-state index is 12.2. The van der Waals surface area contributed by atoms with Gasteiger partial charge in [0.15, 0.2) is 6.61 Å². The first kappa shape index (κ1) is 19.5. The second-order valence-electron chi connectivity index (χ2n) is 5.43. The fourth-order valence-corrected chi connectivity index (χ4v) is 3.26. The van der Waals surface area contributed by atoms with Crippen molar-refractivity contribution in [2.45, 2.75) is 20.8 Å². The predicted molar refractivity (Wildman–Crippen MR) is 98.8 cm³/mol. The maximum Gasteiger partial charge on any atom is 0.341 e. The van der Waals surface area contributed by atoms with E-state index in [9.17, 15) is 14.4 Å². The summed E-state index contributed by atoms with van der Waals surface area (Å²) in [6.45, 7) is 5.42. The highest BCUT2D eigenvalue weighted by molar-refractivity contribution is 7.16. The molecule has 0 bridgehead atoms. The van der Waals surface area contributed by atoms with Crippen molar-refractivity contribution in [3.63, 3.8) is 0 Å². The third-order valence-electron chi connectivity index (χ3n) is 3.63. The van der Waals surface area contributed by atoms with Gasteiger partial charge < -0.3 is 20.5 Å². The zero-order chi connectivity index (χ0) is 19.3. The van der Waals surface area contributed by atoms with Gasteiger partial charge in [0.1, 0.15) is 10.8 Å². The second-order valence-corrected chi connectivity index (χ2v) is 6.66. The van der Waals surface area contributed by atoms with E-state index in [1.54, 1.807) is 19.1 Å². The lowest BCUT2D eigenvalue weighted by molar-refractivity contribution is -0.118. The number of carbonyl (C=O) groups excluding carboxylic acids is 3. The van der Waals surface area contributed by atoms with Gasteiger partial charge >= 0.3 is 5.97 Å². The number of nitrogens with one attached hydrogen (secondary N) is 1. The first-order valence-electron chi connectivity index (χ1n) is 7.93. The molecule has 0 fully saturated rings. The molecule has 26 heavy (non-hydrogen) atoms. The van der Waals surface area contributed by atoms with Crippen molar-refractivity contribution in [3.8, 4) is 5.75 Å². The number of hydrogen-bond donors (Lipinski definition) is 2. The van der Waals surface area contributed by atoms with Crippen LogP contribution in [-0.4, -0.2) is 31.0 Å². The molecule has 2 rings (SSSR count). The van der Waals surface area contributed by atoms with E-state index < -0.39 is 17.8 Å². The minimum Gasteiger partial charge on any atom is -0.484 e. The normalized spacial score (nSPS) is 10.3. The highest BCUT2D eigenvalue weighted by atomic mass is 32.1. The third-order valence-corrected chi connectivity index (χ3v) is 4.75. The number of hydrogen-bond acceptors (Lipinski definition) is 6. The van der Waals surface area contributed by atoms with Gasteiger partial charge in [0, 0.05) is 10.4 Å². The van der Waals surface area contributed by atoms with E-state index in [2.05, 4.69) is 5.32 Å². The maximum atomic E-state index is 12.2. The molecule has 0 aliphatic carbocycles. The lowest BCUT2D eigenvalue weighted by Gasteiger charge is -2.09. The van der Waals surface area contributed by atoms with E-state index in [0.717, 1.165) is 10.4 Å². The molecule has 0 saturated carbocycles. The standard InChI is InChI=1S/C18H20N2O5S/c1-4-24-18(23)15-10(2)11(3)26-17(15)20-14(21)9-25-13-7-5-12(6-8-13)16(19)22/h5-8H,4,9H2,1-3H3,(H2,19,22)(H,20,21). The molecule has 1 aromatic carbocycles. The summed E-state index contributed by atoms with van der Waals surface area (Å²) in [6, 6.07) is 6.13. The Morgan fingerprint density at radius 3 is 2.38 bits per heavy atom. The van der Waals surface area contributed by atoms with Gasteiger partial charge in [0.2, 0.25) is 5.91 Å². The van der Waals surface area contributed by atoms with Crippen molar-refractivity contribution in [1.82, 2.24) is 0 Å². The van der Waals surface area contributed by atoms with Crippen LogP contribution in [0.4, 0.5) is 5.00 Å². The third kappa shape index (κ3) is 4.60. The number of carbonyl (C=O) groups is 3. The largest absolute Gasteiger partial charge is 0.484 e. The molecule has 1 aromatic heterocycles. The fraction of sp³-hybridized carbons (Fsp3) is 0.278. The number of amides is 2. The van der Waals surface area contributed by atoms with Gasteiger partial charge in [-0.05, 0) is 50.6 Å². The summed E-state index contributed by atoms with van der Waals surface area (Å²) in [5, 5.41) is 3.13. The van der Waals surface area contributed by atoms with Crippen molar-refractivity contribution in [3.05, 3.63) is 45.8 Å². The Balaban J connectivity index is 2.02. The van der Waals surface area contributed by atoms with Crippen LogP contribution in [-0.2, 0) is 9.53 Å². The minimum absolute atomic E-state index is 0.242. The SMILES string of the molecule is CCOC(=O)c1c(NC(=O)COc2ccc(C(N)=O)cc2)sc(C)c1C. The van der Waals surface area contributed by atoms with Crippen LogP contribution in [0.2, 0.25) is 0 Å². The second kappa shape index (κ2) is 8.48. The molecule has 0 saturated heterocycles. The number of ether oxygens (including phenoxy) is 2. The van der Waals surface area contributed by atoms with Gasteiger partial charge in [-0.25, -0.2) is 4.79 Å². The summed E-state index contributed by atoms with van der Waals surface area (Å²) in [5.41, 5.74) is 6.67. The number of primary amides is 1. The van der Waals surface area contributed by atoms with Gasteiger partial charge in [-0.15, -0.1) is 11.3 Å². The number of rotatable bonds is 7. The van der Waals surface area contributed by atoms with Crippen LogP contribution < -0.4 is 15.8 Å². The molecule has 0 spiro atoms. The van der Waals surface area contributed by atoms with Crippen molar-refractivity contribution in [1.29, 1.82) is 0 Å². The minimum atomic E-state index is -0.538. The predicted octanol–water partition coefficient (Wildman–Crippen LogP) is 2.66. The van der Waals surface area contributed by atoms with Crippen molar-refractivity contribution >= 4 is 34.1 Å². The number of nitrogens with two attached hydrogens (primary N) is 1. The quantitative estimate of drug-likeness (QED) is 0.722. The lowest BCUT2D eigenvalue weighted by atomic mass is 10.1. The van der Waals surface area contributed by atoms with Crippen LogP contribution in [0, 0.1) is 13.8 Å². The van der Waals surface area contributed by atoms with E-state index >= 15 is 0 Å². The molecular formula is C18H20N2O5S. The van der Waals surface area contributed by atoms with Crippen LogP contribution in [0.1, 0.15) is 38.1 Å². The molecule has 3 N–H and O–H groups in total. The monoisotopic (exact) mass is 376 g/mol. The molecule has 8 heteroatoms. The molecule has 0 unspecified atom stereocenters. The average Bonchev–Trinajstić information content (AvgIpc) is 2.87. The number of anilines is 1. The molecule has 0 aliphatic heterocycles. The van der Waals surface area contributed by atoms with Gasteiger partial charge in [0.05, 0.1) is 12.2 Å². The van der Waals surface area contributed by atoms with E-state index in [0.29, 0.717) is 21.9 Å². The van der Waals surface area contributed by atoms with Gasteiger partial charge in [0.25, 0.3) is 5.91 Å². The number of esters is 1. The van der Waals surface area contributed by atoms with Crippen LogP contribution in [0.5, 0.6) is 5.75 Å². The summed E-state index contributed by atoms with van der Waals surface area (Å²) in [6.07, 6.45) is 0. The topological polar surface area (TPSA) is 108 Å². The highest BCUT2D eigenvalue weighted by Gasteiger charge is 2.22. The average molecular weight is 376 g/mol. The van der Waals surface area contributed by atoms with Crippen molar-refractivity contribution < 1.29 is 23.9 Å². The fourth-order valence-electron chi connectivity index (χ4n) is 2.19. The Kier molecular flexibility index (Phi) is 6.35. The Morgan fingerprint density at radius 1 is 1.15 bits per heavy atom. The molecule has 138 valence electrons. The Morgan fingerprint density at radius 2 is 1.81 bits per heavy atom. The van der Waals surface area contributed by atoms with Crippen molar-refractivity contribution in [2.24, 2.45) is 5.73 Å². The summed E-state index contributed by atoms with van der Waals surface area (Å²) < 4.78 is 10.4. The Hall–Kier alpha value is -2.87. The lowest BCUT2D eigenvalue weighted by Crippen LogP contribution is -2.21. The Labute approximate surface area is 155 Å². The summed E-state index contributed by atoms with van der Waals surface area (Å²) >= 11 is 1.31. The molecule has 0 aliphatic rings. The van der Waals surface area contributed by atoms with E-state index in [-0.39, 0.29) is 13.2 Å². The van der Waals surface area contributed by atoms with E-state index in [1.165, 1.54) is 23.5 Å². The summed E-state index contributed by atoms with van der Waals surface area (Å²) in [5.74, 6) is -0.984. The summed E-state index contributed by atoms with van der Waals surface area (Å²) in [7, 11) is 0. The molecular weight excluding hydrogens is 356 g/mol. The number of thiophene rings is 1. The molecule has 7 nitrogen and oxygen atoms in total. The van der Waals surface area contributed by atoms with E-state index in [4.69, 9.17) is 15.2 Å². The molecule has 0 radical (unpaired) electrons. The van der Waals surface area contributed by atoms with Crippen LogP contribution in [0.25, 0.3) is 0 Å². The highest BCUT2D eigenvalue weighted by Crippen LogP contribution is 2.33. The zero-order valence-corrected chi connectivity index (χ0v) is 15.6. The van der Waals surface area contributed by atoms with Gasteiger partial charge in [-0.3, -0.25) is 9.59 Å². The first-order valence-corrected chi connectivity index (χ1v) is 8.74. The van der Waals surface area contributed by atoms with Gasteiger partial charge in [-0.1, -0.05) is 0 Å².